The van der Waals surface area contributed by atoms with Gasteiger partial charge in [-0.1, -0.05) is 18.2 Å². The fourth-order valence-electron chi connectivity index (χ4n) is 1.87. The molecule has 0 saturated carbocycles. The Kier molecular flexibility index (Phi) is 3.80. The molecule has 0 spiro atoms. The molecule has 0 fully saturated rings. The fourth-order valence-corrected chi connectivity index (χ4v) is 1.87. The van der Waals surface area contributed by atoms with E-state index in [0.29, 0.717) is 5.56 Å². The molecule has 1 aromatic heterocycles. The van der Waals surface area contributed by atoms with Gasteiger partial charge in [-0.3, -0.25) is 9.36 Å². The Labute approximate surface area is 111 Å². The summed E-state index contributed by atoms with van der Waals surface area (Å²) in [6.07, 6.45) is 1.66. The summed E-state index contributed by atoms with van der Waals surface area (Å²) in [4.78, 5) is 24.2. The summed E-state index contributed by atoms with van der Waals surface area (Å²) in [5.41, 5.74) is 1.08. The number of pyridine rings is 1. The smallest absolute Gasteiger partial charge is 0.344 e. The van der Waals surface area contributed by atoms with Gasteiger partial charge in [0.25, 0.3) is 5.56 Å². The molecule has 0 radical (unpaired) electrons. The standard InChI is InChI=1S/C15H15NO3/c1-3-19-15(18)13-11(2)9-10-16(14(13)17)12-7-5-4-6-8-12/h4-10H,3H2,1-2H3. The lowest BCUT2D eigenvalue weighted by atomic mass is 10.1. The Morgan fingerprint density at radius 3 is 2.53 bits per heavy atom. The monoisotopic (exact) mass is 257 g/mol. The van der Waals surface area contributed by atoms with Crippen LogP contribution in [0.25, 0.3) is 5.69 Å². The molecule has 2 rings (SSSR count). The van der Waals surface area contributed by atoms with E-state index in [4.69, 9.17) is 4.74 Å². The number of hydrogen-bond donors (Lipinski definition) is 0. The third-order valence-corrected chi connectivity index (χ3v) is 2.81. The van der Waals surface area contributed by atoms with Crippen LogP contribution in [0.4, 0.5) is 0 Å². The van der Waals surface area contributed by atoms with E-state index in [2.05, 4.69) is 0 Å². The molecule has 0 aliphatic carbocycles. The van der Waals surface area contributed by atoms with Crippen molar-refractivity contribution in [2.24, 2.45) is 0 Å². The lowest BCUT2D eigenvalue weighted by molar-refractivity contribution is 0.0523. The number of carbonyl (C=O) groups is 1. The van der Waals surface area contributed by atoms with E-state index >= 15 is 0 Å². The van der Waals surface area contributed by atoms with Gasteiger partial charge >= 0.3 is 5.97 Å². The minimum atomic E-state index is -0.574. The second-order valence-electron chi connectivity index (χ2n) is 4.10. The molecule has 2 aromatic rings. The third-order valence-electron chi connectivity index (χ3n) is 2.81. The largest absolute Gasteiger partial charge is 0.462 e. The molecule has 19 heavy (non-hydrogen) atoms. The van der Waals surface area contributed by atoms with E-state index in [9.17, 15) is 9.59 Å². The number of aromatic nitrogens is 1. The van der Waals surface area contributed by atoms with Crippen LogP contribution in [-0.4, -0.2) is 17.1 Å². The number of benzene rings is 1. The predicted molar refractivity (Wildman–Crippen MR) is 72.7 cm³/mol. The topological polar surface area (TPSA) is 48.3 Å². The van der Waals surface area contributed by atoms with Crippen molar-refractivity contribution in [3.05, 3.63) is 64.1 Å². The Hall–Kier alpha value is -2.36. The summed E-state index contributed by atoms with van der Waals surface area (Å²) in [6, 6.07) is 10.9. The van der Waals surface area contributed by atoms with Crippen LogP contribution in [-0.2, 0) is 4.74 Å². The number of nitrogens with zero attached hydrogens (tertiary/aromatic N) is 1. The summed E-state index contributed by atoms with van der Waals surface area (Å²) in [6.45, 7) is 3.69. The quantitative estimate of drug-likeness (QED) is 0.793. The summed E-state index contributed by atoms with van der Waals surface area (Å²) in [5.74, 6) is -0.574. The molecule has 4 nitrogen and oxygen atoms in total. The summed E-state index contributed by atoms with van der Waals surface area (Å²) >= 11 is 0. The first kappa shape index (κ1) is 13.1. The minimum absolute atomic E-state index is 0.0909. The minimum Gasteiger partial charge on any atom is -0.462 e. The number of carbonyl (C=O) groups excluding carboxylic acids is 1. The second kappa shape index (κ2) is 5.52. The Balaban J connectivity index is 2.58. The van der Waals surface area contributed by atoms with E-state index in [1.165, 1.54) is 4.57 Å². The predicted octanol–water partition coefficient (Wildman–Crippen LogP) is 2.32. The molecule has 0 amide bonds. The number of rotatable bonds is 3. The highest BCUT2D eigenvalue weighted by Crippen LogP contribution is 2.09. The first-order chi connectivity index (χ1) is 9.15. The number of aryl methyl sites for hydroxylation is 1. The fraction of sp³-hybridized carbons (Fsp3) is 0.200. The lowest BCUT2D eigenvalue weighted by Crippen LogP contribution is -2.27. The van der Waals surface area contributed by atoms with E-state index in [0.717, 1.165) is 5.69 Å². The highest BCUT2D eigenvalue weighted by Gasteiger charge is 2.17. The van der Waals surface area contributed by atoms with Crippen LogP contribution in [0.3, 0.4) is 0 Å². The Bertz CT molecular complexity index is 644. The van der Waals surface area contributed by atoms with Crippen LogP contribution in [0.1, 0.15) is 22.8 Å². The summed E-state index contributed by atoms with van der Waals surface area (Å²) in [7, 11) is 0. The number of esters is 1. The molecule has 0 bridgehead atoms. The van der Waals surface area contributed by atoms with Crippen molar-refractivity contribution >= 4 is 5.97 Å². The van der Waals surface area contributed by atoms with Gasteiger partial charge in [0.1, 0.15) is 5.56 Å². The molecule has 0 atom stereocenters. The van der Waals surface area contributed by atoms with Gasteiger partial charge < -0.3 is 4.74 Å². The maximum atomic E-state index is 12.4. The number of para-hydroxylation sites is 1. The SMILES string of the molecule is CCOC(=O)c1c(C)ccn(-c2ccccc2)c1=O. The normalized spacial score (nSPS) is 10.2. The maximum Gasteiger partial charge on any atom is 0.344 e. The van der Waals surface area contributed by atoms with Crippen molar-refractivity contribution in [2.45, 2.75) is 13.8 Å². The van der Waals surface area contributed by atoms with E-state index in [1.54, 1.807) is 26.1 Å². The molecular formula is C15H15NO3. The molecule has 0 saturated heterocycles. The molecule has 0 aliphatic heterocycles. The van der Waals surface area contributed by atoms with Gasteiger partial charge in [-0.15, -0.1) is 0 Å². The highest BCUT2D eigenvalue weighted by molar-refractivity contribution is 5.90. The van der Waals surface area contributed by atoms with Gasteiger partial charge in [0.05, 0.1) is 6.61 Å². The zero-order valence-corrected chi connectivity index (χ0v) is 10.9. The third kappa shape index (κ3) is 2.57. The van der Waals surface area contributed by atoms with Crippen molar-refractivity contribution in [2.75, 3.05) is 6.61 Å². The lowest BCUT2D eigenvalue weighted by Gasteiger charge is -2.10. The molecule has 1 aromatic carbocycles. The van der Waals surface area contributed by atoms with Crippen molar-refractivity contribution < 1.29 is 9.53 Å². The first-order valence-corrected chi connectivity index (χ1v) is 6.10. The van der Waals surface area contributed by atoms with E-state index in [1.807, 2.05) is 30.3 Å². The summed E-state index contributed by atoms with van der Waals surface area (Å²) < 4.78 is 6.37. The molecule has 4 heteroatoms. The van der Waals surface area contributed by atoms with Gasteiger partial charge in [0.2, 0.25) is 0 Å². The highest BCUT2D eigenvalue weighted by atomic mass is 16.5. The van der Waals surface area contributed by atoms with E-state index < -0.39 is 5.97 Å². The van der Waals surface area contributed by atoms with Gasteiger partial charge in [0, 0.05) is 11.9 Å². The van der Waals surface area contributed by atoms with E-state index in [-0.39, 0.29) is 17.7 Å². The van der Waals surface area contributed by atoms with Crippen molar-refractivity contribution in [1.82, 2.24) is 4.57 Å². The second-order valence-corrected chi connectivity index (χ2v) is 4.10. The molecule has 0 aliphatic rings. The van der Waals surface area contributed by atoms with Gasteiger partial charge in [-0.2, -0.15) is 0 Å². The first-order valence-electron chi connectivity index (χ1n) is 6.10. The zero-order valence-electron chi connectivity index (χ0n) is 10.9. The van der Waals surface area contributed by atoms with Crippen LogP contribution < -0.4 is 5.56 Å². The molecule has 0 N–H and O–H groups in total. The molecule has 0 unspecified atom stereocenters. The zero-order chi connectivity index (χ0) is 13.8. The average Bonchev–Trinajstić information content (AvgIpc) is 2.40. The van der Waals surface area contributed by atoms with Crippen LogP contribution in [0, 0.1) is 6.92 Å². The van der Waals surface area contributed by atoms with Gasteiger partial charge in [-0.25, -0.2) is 4.79 Å². The number of ether oxygens (including phenoxy) is 1. The average molecular weight is 257 g/mol. The van der Waals surface area contributed by atoms with Crippen LogP contribution in [0.2, 0.25) is 0 Å². The number of hydrogen-bond acceptors (Lipinski definition) is 3. The van der Waals surface area contributed by atoms with Crippen molar-refractivity contribution in [3.63, 3.8) is 0 Å². The molecule has 98 valence electrons. The summed E-state index contributed by atoms with van der Waals surface area (Å²) in [5, 5.41) is 0. The van der Waals surface area contributed by atoms with Crippen LogP contribution in [0.5, 0.6) is 0 Å². The van der Waals surface area contributed by atoms with Crippen molar-refractivity contribution in [3.8, 4) is 5.69 Å². The van der Waals surface area contributed by atoms with Crippen LogP contribution >= 0.6 is 0 Å². The Morgan fingerprint density at radius 2 is 1.89 bits per heavy atom. The van der Waals surface area contributed by atoms with Gasteiger partial charge in [-0.05, 0) is 37.6 Å². The van der Waals surface area contributed by atoms with Crippen molar-refractivity contribution in [1.29, 1.82) is 0 Å². The molecule has 1 heterocycles. The Morgan fingerprint density at radius 1 is 1.21 bits per heavy atom. The van der Waals surface area contributed by atoms with Crippen LogP contribution in [0.15, 0.2) is 47.4 Å². The maximum absolute atomic E-state index is 12.4. The van der Waals surface area contributed by atoms with Gasteiger partial charge in [0.15, 0.2) is 0 Å². The molecular weight excluding hydrogens is 242 g/mol.